The largest absolute Gasteiger partial charge is 0.369 e. The molecular weight excluding hydrogens is 308 g/mol. The normalized spacial score (nSPS) is 10.6. The molecule has 2 nitrogen and oxygen atoms in total. The Morgan fingerprint density at radius 3 is 1.76 bits per heavy atom. The van der Waals surface area contributed by atoms with Gasteiger partial charge < -0.3 is 5.11 Å². The molecule has 0 saturated carbocycles. The lowest BCUT2D eigenvalue weighted by Gasteiger charge is -2.23. The highest BCUT2D eigenvalue weighted by Gasteiger charge is 2.29. The van der Waals surface area contributed by atoms with Crippen LogP contribution in [0.1, 0.15) is 27.0 Å². The molecule has 0 heterocycles. The third kappa shape index (κ3) is 3.68. The summed E-state index contributed by atoms with van der Waals surface area (Å²) in [5.41, 5.74) is 1.31. The Balaban J connectivity index is 2.03. The van der Waals surface area contributed by atoms with Crippen molar-refractivity contribution in [3.63, 3.8) is 0 Å². The number of ketones is 1. The second-order valence-electron chi connectivity index (χ2n) is 5.89. The lowest BCUT2D eigenvalue weighted by atomic mass is 9.86. The van der Waals surface area contributed by atoms with E-state index in [1.807, 2.05) is 55.5 Å². The second-order valence-corrected chi connectivity index (χ2v) is 5.89. The number of carbonyl (C=O) groups is 1. The Morgan fingerprint density at radius 2 is 1.28 bits per heavy atom. The fourth-order valence-corrected chi connectivity index (χ4v) is 2.59. The van der Waals surface area contributed by atoms with Gasteiger partial charge in [-0.15, -0.1) is 0 Å². The summed E-state index contributed by atoms with van der Waals surface area (Å²) in [7, 11) is 0. The van der Waals surface area contributed by atoms with Crippen LogP contribution in [0.4, 0.5) is 0 Å². The van der Waals surface area contributed by atoms with Gasteiger partial charge in [0.2, 0.25) is 5.78 Å². The van der Waals surface area contributed by atoms with Gasteiger partial charge in [-0.2, -0.15) is 0 Å². The minimum absolute atomic E-state index is 0.315. The van der Waals surface area contributed by atoms with E-state index >= 15 is 0 Å². The Kier molecular flexibility index (Phi) is 4.79. The van der Waals surface area contributed by atoms with Crippen molar-refractivity contribution in [1.82, 2.24) is 0 Å². The van der Waals surface area contributed by atoms with Gasteiger partial charge >= 0.3 is 0 Å². The predicted octanol–water partition coefficient (Wildman–Crippen LogP) is 4.12. The van der Waals surface area contributed by atoms with Gasteiger partial charge in [0.15, 0.2) is 5.60 Å². The maximum Gasteiger partial charge on any atom is 0.236 e. The summed E-state index contributed by atoms with van der Waals surface area (Å²) in [6.45, 7) is 1.96. The molecule has 3 rings (SSSR count). The van der Waals surface area contributed by atoms with Crippen LogP contribution in [0.5, 0.6) is 0 Å². The van der Waals surface area contributed by atoms with E-state index in [1.54, 1.807) is 36.4 Å². The van der Waals surface area contributed by atoms with E-state index in [-0.39, 0.29) is 5.78 Å². The summed E-state index contributed by atoms with van der Waals surface area (Å²) in [4.78, 5) is 12.4. The van der Waals surface area contributed by atoms with Crippen LogP contribution in [0.2, 0.25) is 0 Å². The van der Waals surface area contributed by atoms with E-state index in [4.69, 9.17) is 0 Å². The van der Waals surface area contributed by atoms with Gasteiger partial charge in [0.25, 0.3) is 0 Å². The van der Waals surface area contributed by atoms with Crippen molar-refractivity contribution in [2.75, 3.05) is 0 Å². The van der Waals surface area contributed by atoms with Crippen molar-refractivity contribution < 1.29 is 9.90 Å². The summed E-state index contributed by atoms with van der Waals surface area (Å²) in [6.07, 6.45) is 0. The lowest BCUT2D eigenvalue weighted by Crippen LogP contribution is -2.25. The number of aryl methyl sites for hydroxylation is 1. The van der Waals surface area contributed by atoms with Crippen LogP contribution in [0.15, 0.2) is 84.9 Å². The first-order valence-corrected chi connectivity index (χ1v) is 8.07. The number of rotatable bonds is 3. The Morgan fingerprint density at radius 1 is 0.800 bits per heavy atom. The molecule has 0 fully saturated rings. The number of carbonyl (C=O) groups excluding carboxylic acids is 1. The highest BCUT2D eigenvalue weighted by Crippen LogP contribution is 2.28. The molecule has 0 amide bonds. The molecule has 0 radical (unpaired) electrons. The van der Waals surface area contributed by atoms with Gasteiger partial charge in [0, 0.05) is 16.7 Å². The van der Waals surface area contributed by atoms with Gasteiger partial charge in [-0.1, -0.05) is 90.5 Å². The molecule has 0 spiro atoms. The summed E-state index contributed by atoms with van der Waals surface area (Å²) in [5.74, 6) is 5.10. The zero-order chi connectivity index (χ0) is 17.7. The molecule has 2 heteroatoms. The highest BCUT2D eigenvalue weighted by atomic mass is 16.3. The predicted molar refractivity (Wildman–Crippen MR) is 99.2 cm³/mol. The van der Waals surface area contributed by atoms with E-state index < -0.39 is 5.60 Å². The van der Waals surface area contributed by atoms with Crippen molar-refractivity contribution >= 4 is 5.78 Å². The zero-order valence-corrected chi connectivity index (χ0v) is 13.9. The van der Waals surface area contributed by atoms with E-state index in [2.05, 4.69) is 11.8 Å². The summed E-state index contributed by atoms with van der Waals surface area (Å²) < 4.78 is 0. The monoisotopic (exact) mass is 326 g/mol. The maximum atomic E-state index is 12.4. The first-order valence-electron chi connectivity index (χ1n) is 8.07. The van der Waals surface area contributed by atoms with Gasteiger partial charge in [-0.3, -0.25) is 4.79 Å². The van der Waals surface area contributed by atoms with Crippen molar-refractivity contribution in [2.45, 2.75) is 12.5 Å². The Labute approximate surface area is 147 Å². The number of benzene rings is 3. The highest BCUT2D eigenvalue weighted by molar-refractivity contribution is 6.09. The van der Waals surface area contributed by atoms with Crippen molar-refractivity contribution in [1.29, 1.82) is 0 Å². The zero-order valence-electron chi connectivity index (χ0n) is 13.9. The lowest BCUT2D eigenvalue weighted by molar-refractivity contribution is 0.105. The summed E-state index contributed by atoms with van der Waals surface area (Å²) in [6, 6.07) is 25.6. The van der Waals surface area contributed by atoms with Crippen LogP contribution in [0.25, 0.3) is 0 Å². The van der Waals surface area contributed by atoms with Gasteiger partial charge in [-0.25, -0.2) is 0 Å². The number of Topliss-reactive ketones (excluding diaryl/α,β-unsaturated/α-hetero) is 1. The fraction of sp³-hybridized carbons (Fsp3) is 0.0870. The van der Waals surface area contributed by atoms with E-state index in [9.17, 15) is 9.90 Å². The van der Waals surface area contributed by atoms with Crippen LogP contribution in [-0.4, -0.2) is 10.9 Å². The molecule has 0 unspecified atom stereocenters. The van der Waals surface area contributed by atoms with Crippen LogP contribution in [0, 0.1) is 18.8 Å². The minimum atomic E-state index is -1.54. The average molecular weight is 326 g/mol. The van der Waals surface area contributed by atoms with Crippen LogP contribution in [0.3, 0.4) is 0 Å². The molecule has 3 aromatic carbocycles. The third-order valence-corrected chi connectivity index (χ3v) is 4.05. The third-order valence-electron chi connectivity index (χ3n) is 4.05. The molecule has 0 aliphatic rings. The van der Waals surface area contributed by atoms with Crippen LogP contribution >= 0.6 is 0 Å². The minimum Gasteiger partial charge on any atom is -0.369 e. The number of hydrogen-bond acceptors (Lipinski definition) is 2. The maximum absolute atomic E-state index is 12.4. The van der Waals surface area contributed by atoms with E-state index in [0.29, 0.717) is 16.7 Å². The molecule has 3 aromatic rings. The molecule has 0 bridgehead atoms. The molecular formula is C23H18O2. The van der Waals surface area contributed by atoms with Gasteiger partial charge in [0.05, 0.1) is 0 Å². The first-order chi connectivity index (χ1) is 12.1. The quantitative estimate of drug-likeness (QED) is 0.447. The molecule has 1 N–H and O–H groups in total. The smallest absolute Gasteiger partial charge is 0.236 e. The van der Waals surface area contributed by atoms with Gasteiger partial charge in [-0.05, 0) is 18.8 Å². The SMILES string of the molecule is Cc1ccc(C(=O)C#CC(O)(c2ccccc2)c2ccccc2)cc1. The molecule has 25 heavy (non-hydrogen) atoms. The van der Waals surface area contributed by atoms with Crippen molar-refractivity contribution in [3.05, 3.63) is 107 Å². The molecule has 122 valence electrons. The average Bonchev–Trinajstić information content (AvgIpc) is 2.68. The number of hydrogen-bond donors (Lipinski definition) is 1. The molecule has 0 saturated heterocycles. The molecule has 0 aromatic heterocycles. The van der Waals surface area contributed by atoms with Crippen LogP contribution < -0.4 is 0 Å². The second kappa shape index (κ2) is 7.17. The topological polar surface area (TPSA) is 37.3 Å². The van der Waals surface area contributed by atoms with Crippen molar-refractivity contribution in [2.24, 2.45) is 0 Å². The first kappa shape index (κ1) is 16.7. The fourth-order valence-electron chi connectivity index (χ4n) is 2.59. The summed E-state index contributed by atoms with van der Waals surface area (Å²) >= 11 is 0. The summed E-state index contributed by atoms with van der Waals surface area (Å²) in [5, 5.41) is 11.3. The van der Waals surface area contributed by atoms with E-state index in [1.165, 1.54) is 0 Å². The Hall–Kier alpha value is -3.15. The van der Waals surface area contributed by atoms with Crippen molar-refractivity contribution in [3.8, 4) is 11.8 Å². The molecule has 0 atom stereocenters. The standard InChI is InChI=1S/C23H18O2/c1-18-12-14-19(15-13-18)22(24)16-17-23(25,20-8-4-2-5-9-20)21-10-6-3-7-11-21/h2-15,25H,1H3. The van der Waals surface area contributed by atoms with E-state index in [0.717, 1.165) is 5.56 Å². The van der Waals surface area contributed by atoms with Gasteiger partial charge in [0.1, 0.15) is 0 Å². The molecule has 0 aliphatic carbocycles. The number of aliphatic hydroxyl groups is 1. The molecule has 0 aliphatic heterocycles. The Bertz CT molecular complexity index is 875. The van der Waals surface area contributed by atoms with Crippen LogP contribution in [-0.2, 0) is 5.60 Å².